The molecule has 0 aliphatic heterocycles. The van der Waals surface area contributed by atoms with E-state index in [1.165, 1.54) is 7.11 Å². The highest BCUT2D eigenvalue weighted by Gasteiger charge is 2.16. The molecular weight excluding hydrogens is 288 g/mol. The fraction of sp³-hybridized carbons (Fsp3) is 0.417. The van der Waals surface area contributed by atoms with Gasteiger partial charge in [-0.25, -0.2) is 0 Å². The predicted octanol–water partition coefficient (Wildman–Crippen LogP) is 2.40. The Morgan fingerprint density at radius 2 is 1.88 bits per heavy atom. The van der Waals surface area contributed by atoms with Gasteiger partial charge < -0.3 is 14.2 Å². The van der Waals surface area contributed by atoms with E-state index in [0.29, 0.717) is 18.1 Å². The Bertz CT molecular complexity index is 367. The summed E-state index contributed by atoms with van der Waals surface area (Å²) in [7, 11) is 1.34. The molecule has 0 N–H and O–H groups in total. The van der Waals surface area contributed by atoms with Crippen LogP contribution in [-0.2, 0) is 9.53 Å². The highest BCUT2D eigenvalue weighted by Crippen LogP contribution is 2.26. The fourth-order valence-corrected chi connectivity index (χ4v) is 1.52. The number of alkyl halides is 1. The zero-order valence-electron chi connectivity index (χ0n) is 9.81. The quantitative estimate of drug-likeness (QED) is 0.598. The van der Waals surface area contributed by atoms with E-state index in [9.17, 15) is 4.79 Å². The van der Waals surface area contributed by atoms with Crippen molar-refractivity contribution in [2.45, 2.75) is 11.8 Å². The zero-order valence-corrected chi connectivity index (χ0v) is 11.4. The Morgan fingerprint density at radius 1 is 1.29 bits per heavy atom. The van der Waals surface area contributed by atoms with Crippen molar-refractivity contribution in [3.63, 3.8) is 0 Å². The monoisotopic (exact) mass is 302 g/mol. The van der Waals surface area contributed by atoms with Crippen molar-refractivity contribution in [1.82, 2.24) is 0 Å². The molecule has 0 aliphatic carbocycles. The summed E-state index contributed by atoms with van der Waals surface area (Å²) in [6, 6.07) is 7.32. The Balaban J connectivity index is 2.59. The van der Waals surface area contributed by atoms with Crippen molar-refractivity contribution in [2.75, 3.05) is 20.3 Å². The van der Waals surface area contributed by atoms with Crippen molar-refractivity contribution >= 4 is 21.9 Å². The van der Waals surface area contributed by atoms with Crippen LogP contribution in [0, 0.1) is 0 Å². The molecule has 0 spiro atoms. The largest absolute Gasteiger partial charge is 0.490 e. The van der Waals surface area contributed by atoms with Gasteiger partial charge in [0.2, 0.25) is 0 Å². The van der Waals surface area contributed by atoms with Crippen LogP contribution in [0.5, 0.6) is 11.5 Å². The molecule has 1 unspecified atom stereocenters. The zero-order chi connectivity index (χ0) is 12.7. The van der Waals surface area contributed by atoms with E-state index in [1.54, 1.807) is 6.07 Å². The third-order valence-electron chi connectivity index (χ3n) is 1.99. The van der Waals surface area contributed by atoms with Crippen LogP contribution in [0.2, 0.25) is 0 Å². The smallest absolute Gasteiger partial charge is 0.322 e. The molecule has 0 heterocycles. The molecule has 4 nitrogen and oxygen atoms in total. The van der Waals surface area contributed by atoms with E-state index in [1.807, 2.05) is 25.1 Å². The van der Waals surface area contributed by atoms with Crippen molar-refractivity contribution in [1.29, 1.82) is 0 Å². The summed E-state index contributed by atoms with van der Waals surface area (Å²) >= 11 is 3.18. The first kappa shape index (κ1) is 13.8. The molecule has 0 bridgehead atoms. The van der Waals surface area contributed by atoms with Gasteiger partial charge in [0.15, 0.2) is 11.5 Å². The number of rotatable bonds is 6. The van der Waals surface area contributed by atoms with Crippen LogP contribution in [0.15, 0.2) is 24.3 Å². The molecule has 1 aromatic rings. The first-order valence-electron chi connectivity index (χ1n) is 5.25. The molecule has 0 radical (unpaired) electrons. The summed E-state index contributed by atoms with van der Waals surface area (Å²) in [6.45, 7) is 2.66. The molecule has 1 aromatic carbocycles. The summed E-state index contributed by atoms with van der Waals surface area (Å²) < 4.78 is 15.5. The fourth-order valence-electron chi connectivity index (χ4n) is 1.20. The van der Waals surface area contributed by atoms with Gasteiger partial charge in [0.25, 0.3) is 0 Å². The lowest BCUT2D eigenvalue weighted by atomic mass is 10.3. The molecule has 0 amide bonds. The summed E-state index contributed by atoms with van der Waals surface area (Å²) in [5.41, 5.74) is 0. The molecule has 0 saturated heterocycles. The number of halogens is 1. The summed E-state index contributed by atoms with van der Waals surface area (Å²) in [5, 5.41) is 0. The normalized spacial score (nSPS) is 11.7. The van der Waals surface area contributed by atoms with Gasteiger partial charge in [0.1, 0.15) is 11.4 Å². The number of methoxy groups -OCH3 is 1. The molecule has 0 aliphatic rings. The maximum atomic E-state index is 11.2. The molecule has 94 valence electrons. The van der Waals surface area contributed by atoms with Gasteiger partial charge in [0, 0.05) is 0 Å². The number of carbonyl (C=O) groups is 1. The topological polar surface area (TPSA) is 44.8 Å². The minimum absolute atomic E-state index is 0.191. The number of benzene rings is 1. The predicted molar refractivity (Wildman–Crippen MR) is 67.8 cm³/mol. The third kappa shape index (κ3) is 4.26. The van der Waals surface area contributed by atoms with Crippen LogP contribution >= 0.6 is 15.9 Å². The van der Waals surface area contributed by atoms with Crippen molar-refractivity contribution in [3.05, 3.63) is 24.3 Å². The van der Waals surface area contributed by atoms with Crippen LogP contribution in [0.1, 0.15) is 6.92 Å². The first-order valence-corrected chi connectivity index (χ1v) is 6.17. The first-order chi connectivity index (χ1) is 8.19. The number of hydrogen-bond donors (Lipinski definition) is 0. The van der Waals surface area contributed by atoms with Crippen molar-refractivity contribution < 1.29 is 19.0 Å². The van der Waals surface area contributed by atoms with Gasteiger partial charge in [-0.15, -0.1) is 0 Å². The summed E-state index contributed by atoms with van der Waals surface area (Å²) in [5.74, 6) is 0.918. The van der Waals surface area contributed by atoms with Gasteiger partial charge in [-0.2, -0.15) is 0 Å². The molecular formula is C12H15BrO4. The molecule has 0 aromatic heterocycles. The molecule has 5 heteroatoms. The van der Waals surface area contributed by atoms with Crippen LogP contribution in [-0.4, -0.2) is 31.1 Å². The molecule has 17 heavy (non-hydrogen) atoms. The van der Waals surface area contributed by atoms with Crippen LogP contribution in [0.4, 0.5) is 0 Å². The van der Waals surface area contributed by atoms with Gasteiger partial charge in [-0.05, 0) is 19.1 Å². The standard InChI is InChI=1S/C12H15BrO4/c1-3-16-10-6-4-5-7-11(10)17-8-9(13)12(14)15-2/h4-7,9H,3,8H2,1-2H3. The van der Waals surface area contributed by atoms with Gasteiger partial charge in [-0.1, -0.05) is 28.1 Å². The Kier molecular flexibility index (Phi) is 5.83. The lowest BCUT2D eigenvalue weighted by Crippen LogP contribution is -2.23. The highest BCUT2D eigenvalue weighted by atomic mass is 79.9. The Hall–Kier alpha value is -1.23. The highest BCUT2D eigenvalue weighted by molar-refractivity contribution is 9.10. The lowest BCUT2D eigenvalue weighted by molar-refractivity contribution is -0.140. The van der Waals surface area contributed by atoms with E-state index >= 15 is 0 Å². The van der Waals surface area contributed by atoms with Crippen LogP contribution < -0.4 is 9.47 Å². The van der Waals surface area contributed by atoms with Crippen LogP contribution in [0.25, 0.3) is 0 Å². The number of carbonyl (C=O) groups excluding carboxylic acids is 1. The average Bonchev–Trinajstić information content (AvgIpc) is 2.36. The minimum Gasteiger partial charge on any atom is -0.490 e. The second-order valence-electron chi connectivity index (χ2n) is 3.18. The molecule has 1 rings (SSSR count). The Labute approximate surface area is 109 Å². The van der Waals surface area contributed by atoms with Gasteiger partial charge in [0.05, 0.1) is 13.7 Å². The van der Waals surface area contributed by atoms with Gasteiger partial charge in [-0.3, -0.25) is 4.79 Å². The van der Waals surface area contributed by atoms with E-state index in [2.05, 4.69) is 20.7 Å². The van der Waals surface area contributed by atoms with E-state index in [-0.39, 0.29) is 12.6 Å². The van der Waals surface area contributed by atoms with E-state index < -0.39 is 4.83 Å². The minimum atomic E-state index is -0.484. The van der Waals surface area contributed by atoms with E-state index in [4.69, 9.17) is 9.47 Å². The summed E-state index contributed by atoms with van der Waals surface area (Å²) in [4.78, 5) is 10.7. The van der Waals surface area contributed by atoms with Crippen molar-refractivity contribution in [3.8, 4) is 11.5 Å². The molecule has 0 saturated carbocycles. The SMILES string of the molecule is CCOc1ccccc1OCC(Br)C(=O)OC. The molecule has 1 atom stereocenters. The number of ether oxygens (including phenoxy) is 3. The van der Waals surface area contributed by atoms with Crippen molar-refractivity contribution in [2.24, 2.45) is 0 Å². The average molecular weight is 303 g/mol. The summed E-state index contributed by atoms with van der Waals surface area (Å²) in [6.07, 6.45) is 0. The van der Waals surface area contributed by atoms with Gasteiger partial charge >= 0.3 is 5.97 Å². The Morgan fingerprint density at radius 3 is 2.41 bits per heavy atom. The number of para-hydroxylation sites is 2. The number of hydrogen-bond acceptors (Lipinski definition) is 4. The van der Waals surface area contributed by atoms with E-state index in [0.717, 1.165) is 0 Å². The lowest BCUT2D eigenvalue weighted by Gasteiger charge is -2.13. The second-order valence-corrected chi connectivity index (χ2v) is 4.29. The molecule has 0 fully saturated rings. The van der Waals surface area contributed by atoms with Crippen LogP contribution in [0.3, 0.4) is 0 Å². The third-order valence-corrected chi connectivity index (χ3v) is 2.63. The number of esters is 1. The maximum absolute atomic E-state index is 11.2. The second kappa shape index (κ2) is 7.17. The maximum Gasteiger partial charge on any atom is 0.322 e.